The maximum Gasteiger partial charge on any atom is 0.268 e. The molecule has 5 nitrogen and oxygen atoms in total. The first-order chi connectivity index (χ1) is 15.3. The second-order valence-corrected chi connectivity index (χ2v) is 11.2. The summed E-state index contributed by atoms with van der Waals surface area (Å²) in [5.74, 6) is 0.551. The van der Waals surface area contributed by atoms with Crippen molar-refractivity contribution in [1.29, 1.82) is 0 Å². The van der Waals surface area contributed by atoms with Crippen LogP contribution in [0.3, 0.4) is 0 Å². The van der Waals surface area contributed by atoms with Crippen LogP contribution in [0, 0.1) is 0 Å². The topological polar surface area (TPSA) is 51.5 Å². The van der Waals surface area contributed by atoms with Gasteiger partial charge >= 0.3 is 0 Å². The van der Waals surface area contributed by atoms with Crippen molar-refractivity contribution in [2.75, 3.05) is 27.2 Å². The predicted molar refractivity (Wildman–Crippen MR) is 136 cm³/mol. The van der Waals surface area contributed by atoms with E-state index in [1.54, 1.807) is 30.3 Å². The van der Waals surface area contributed by atoms with Gasteiger partial charge in [0.25, 0.3) is 10.0 Å². The van der Waals surface area contributed by atoms with Crippen molar-refractivity contribution >= 4 is 52.8 Å². The lowest BCUT2D eigenvalue weighted by atomic mass is 10.1. The number of hydrogen-bond donors (Lipinski definition) is 0. The summed E-state index contributed by atoms with van der Waals surface area (Å²) in [6.45, 7) is 1.13. The molecule has 4 rings (SSSR count). The molecule has 0 atom stereocenters. The van der Waals surface area contributed by atoms with Gasteiger partial charge in [0.15, 0.2) is 5.75 Å². The molecule has 4 aromatic rings. The van der Waals surface area contributed by atoms with Gasteiger partial charge in [0.2, 0.25) is 0 Å². The first-order valence-corrected chi connectivity index (χ1v) is 13.0. The van der Waals surface area contributed by atoms with Crippen LogP contribution in [-0.2, 0) is 10.0 Å². The Bertz CT molecular complexity index is 1350. The Morgan fingerprint density at radius 1 is 0.906 bits per heavy atom. The fourth-order valence-corrected chi connectivity index (χ4v) is 5.65. The molecule has 0 aliphatic carbocycles. The fourth-order valence-electron chi connectivity index (χ4n) is 3.49. The number of ether oxygens (including phenoxy) is 1. The standard InChI is InChI=1S/C24H22Br2N2O3S/c1-27(2)14-15-31-24-21-16-19(26)10-13-22(21)28(23(24)17-6-4-3-5-7-17)32(29,30)20-11-8-18(25)9-12-20/h3-13,16H,14-15H2,1-2H3. The average molecular weight is 578 g/mol. The summed E-state index contributed by atoms with van der Waals surface area (Å²) < 4.78 is 37.1. The van der Waals surface area contributed by atoms with E-state index in [0.29, 0.717) is 30.1 Å². The van der Waals surface area contributed by atoms with E-state index >= 15 is 0 Å². The van der Waals surface area contributed by atoms with E-state index in [-0.39, 0.29) is 4.90 Å². The molecular weight excluding hydrogens is 556 g/mol. The highest BCUT2D eigenvalue weighted by molar-refractivity contribution is 9.10. The van der Waals surface area contributed by atoms with Gasteiger partial charge in [0.05, 0.1) is 10.4 Å². The summed E-state index contributed by atoms with van der Waals surface area (Å²) in [4.78, 5) is 2.23. The van der Waals surface area contributed by atoms with Crippen molar-refractivity contribution in [2.45, 2.75) is 4.90 Å². The van der Waals surface area contributed by atoms with E-state index in [2.05, 4.69) is 31.9 Å². The Hall–Kier alpha value is -2.13. The first kappa shape index (κ1) is 23.0. The Morgan fingerprint density at radius 2 is 1.56 bits per heavy atom. The van der Waals surface area contributed by atoms with Gasteiger partial charge in [-0.15, -0.1) is 0 Å². The van der Waals surface area contributed by atoms with Crippen LogP contribution in [0.25, 0.3) is 22.2 Å². The summed E-state index contributed by atoms with van der Waals surface area (Å²) in [5.41, 5.74) is 1.84. The minimum Gasteiger partial charge on any atom is -0.489 e. The summed E-state index contributed by atoms with van der Waals surface area (Å²) in [6.07, 6.45) is 0. The molecule has 0 amide bonds. The van der Waals surface area contributed by atoms with Gasteiger partial charge in [-0.3, -0.25) is 0 Å². The minimum atomic E-state index is -3.90. The summed E-state index contributed by atoms with van der Waals surface area (Å²) in [6, 6.07) is 21.7. The summed E-state index contributed by atoms with van der Waals surface area (Å²) in [5, 5.41) is 0.734. The highest BCUT2D eigenvalue weighted by Gasteiger charge is 2.29. The smallest absolute Gasteiger partial charge is 0.268 e. The molecule has 0 aliphatic heterocycles. The fraction of sp³-hybridized carbons (Fsp3) is 0.167. The van der Waals surface area contributed by atoms with Gasteiger partial charge < -0.3 is 9.64 Å². The van der Waals surface area contributed by atoms with Crippen molar-refractivity contribution < 1.29 is 13.2 Å². The zero-order chi connectivity index (χ0) is 22.9. The van der Waals surface area contributed by atoms with E-state index < -0.39 is 10.0 Å². The Labute approximate surface area is 204 Å². The second kappa shape index (κ2) is 9.39. The van der Waals surface area contributed by atoms with Crippen LogP contribution in [-0.4, -0.2) is 44.5 Å². The lowest BCUT2D eigenvalue weighted by Gasteiger charge is -2.15. The van der Waals surface area contributed by atoms with Crippen LogP contribution < -0.4 is 4.74 Å². The van der Waals surface area contributed by atoms with E-state index in [4.69, 9.17) is 4.74 Å². The van der Waals surface area contributed by atoms with E-state index in [9.17, 15) is 8.42 Å². The highest BCUT2D eigenvalue weighted by Crippen LogP contribution is 2.43. The van der Waals surface area contributed by atoms with E-state index in [0.717, 1.165) is 19.9 Å². The molecule has 0 spiro atoms. The summed E-state index contributed by atoms with van der Waals surface area (Å²) >= 11 is 6.90. The molecule has 0 unspecified atom stereocenters. The highest BCUT2D eigenvalue weighted by atomic mass is 79.9. The van der Waals surface area contributed by atoms with E-state index in [1.807, 2.05) is 61.5 Å². The van der Waals surface area contributed by atoms with Gasteiger partial charge in [-0.1, -0.05) is 62.2 Å². The number of benzene rings is 3. The normalized spacial score (nSPS) is 11.9. The molecular formula is C24H22Br2N2O3S. The third-order valence-corrected chi connectivity index (χ3v) is 7.77. The number of halogens is 2. The van der Waals surface area contributed by atoms with Gasteiger partial charge in [-0.25, -0.2) is 12.4 Å². The van der Waals surface area contributed by atoms with Gasteiger partial charge in [-0.2, -0.15) is 0 Å². The van der Waals surface area contributed by atoms with E-state index in [1.165, 1.54) is 3.97 Å². The molecule has 0 bridgehead atoms. The molecule has 0 radical (unpaired) electrons. The number of nitrogens with zero attached hydrogens (tertiary/aromatic N) is 2. The number of aromatic nitrogens is 1. The SMILES string of the molecule is CN(C)CCOc1c(-c2ccccc2)n(S(=O)(=O)c2ccc(Br)cc2)c2ccc(Br)cc12. The third kappa shape index (κ3) is 4.50. The second-order valence-electron chi connectivity index (χ2n) is 7.58. The zero-order valence-electron chi connectivity index (χ0n) is 17.6. The number of rotatable bonds is 7. The number of fused-ring (bicyclic) bond motifs is 1. The van der Waals surface area contributed by atoms with Crippen molar-refractivity contribution in [1.82, 2.24) is 8.87 Å². The van der Waals surface area contributed by atoms with Crippen molar-refractivity contribution in [3.05, 3.63) is 81.7 Å². The Kier molecular flexibility index (Phi) is 6.76. The van der Waals surface area contributed by atoms with Crippen molar-refractivity contribution in [3.63, 3.8) is 0 Å². The molecule has 0 aliphatic rings. The molecule has 3 aromatic carbocycles. The molecule has 1 aromatic heterocycles. The lowest BCUT2D eigenvalue weighted by molar-refractivity contribution is 0.264. The third-order valence-electron chi connectivity index (χ3n) is 5.02. The Balaban J connectivity index is 2.04. The predicted octanol–water partition coefficient (Wildman–Crippen LogP) is 6.01. The van der Waals surface area contributed by atoms with Gasteiger partial charge in [0, 0.05) is 26.4 Å². The largest absolute Gasteiger partial charge is 0.489 e. The van der Waals surface area contributed by atoms with Crippen molar-refractivity contribution in [3.8, 4) is 17.0 Å². The first-order valence-electron chi connectivity index (χ1n) is 9.97. The van der Waals surface area contributed by atoms with Gasteiger partial charge in [-0.05, 0) is 56.6 Å². The monoisotopic (exact) mass is 576 g/mol. The van der Waals surface area contributed by atoms with Crippen LogP contribution in [0.1, 0.15) is 0 Å². The van der Waals surface area contributed by atoms with Crippen LogP contribution >= 0.6 is 31.9 Å². The summed E-state index contributed by atoms with van der Waals surface area (Å²) in [7, 11) is 0.0387. The lowest BCUT2D eigenvalue weighted by Crippen LogP contribution is -2.19. The molecule has 0 N–H and O–H groups in total. The van der Waals surface area contributed by atoms with Crippen LogP contribution in [0.2, 0.25) is 0 Å². The number of likely N-dealkylation sites (N-methyl/N-ethyl adjacent to an activating group) is 1. The van der Waals surface area contributed by atoms with Gasteiger partial charge in [0.1, 0.15) is 12.3 Å². The molecule has 32 heavy (non-hydrogen) atoms. The molecule has 8 heteroatoms. The molecule has 0 fully saturated rings. The minimum absolute atomic E-state index is 0.206. The Morgan fingerprint density at radius 3 is 2.22 bits per heavy atom. The number of hydrogen-bond acceptors (Lipinski definition) is 4. The molecule has 0 saturated heterocycles. The van der Waals surface area contributed by atoms with Crippen LogP contribution in [0.15, 0.2) is 86.6 Å². The molecule has 166 valence electrons. The molecule has 1 heterocycles. The zero-order valence-corrected chi connectivity index (χ0v) is 21.6. The van der Waals surface area contributed by atoms with Crippen LogP contribution in [0.4, 0.5) is 0 Å². The maximum atomic E-state index is 13.9. The molecule has 0 saturated carbocycles. The maximum absolute atomic E-state index is 13.9. The van der Waals surface area contributed by atoms with Crippen LogP contribution in [0.5, 0.6) is 5.75 Å². The average Bonchev–Trinajstić information content (AvgIpc) is 3.08. The quantitative estimate of drug-likeness (QED) is 0.270. The van der Waals surface area contributed by atoms with Crippen molar-refractivity contribution in [2.24, 2.45) is 0 Å².